The van der Waals surface area contributed by atoms with Gasteiger partial charge in [-0.3, -0.25) is 0 Å². The number of carboxylic acid groups (broad SMARTS) is 1. The number of carbonyl (C=O) groups is 1. The van der Waals surface area contributed by atoms with Gasteiger partial charge in [0.1, 0.15) is 17.2 Å². The number of rotatable bonds is 9. The van der Waals surface area contributed by atoms with Gasteiger partial charge in [-0.25, -0.2) is 4.79 Å². The van der Waals surface area contributed by atoms with Crippen LogP contribution in [0.5, 0.6) is 17.2 Å². The number of hydrogen-bond acceptors (Lipinski definition) is 5. The number of aliphatic carboxylic acids is 1. The Morgan fingerprint density at radius 3 is 2.59 bits per heavy atom. The van der Waals surface area contributed by atoms with Crippen LogP contribution < -0.4 is 14.8 Å². The molecule has 0 aromatic heterocycles. The van der Waals surface area contributed by atoms with Crippen molar-refractivity contribution in [1.29, 1.82) is 0 Å². The Morgan fingerprint density at radius 1 is 1.03 bits per heavy atom. The zero-order valence-corrected chi connectivity index (χ0v) is 20.0. The lowest BCUT2D eigenvalue weighted by molar-refractivity contribution is -0.139. The SMILES string of the molecule is Cl.O=C(O)COc1cccc(Oc2ccc3c(c2)C[C@@H](NC[C@H](O)c2cccc(Cl)c2)CC3)c1. The molecule has 0 fully saturated rings. The Hall–Kier alpha value is -2.77. The maximum atomic E-state index is 10.7. The first kappa shape index (κ1) is 25.8. The molecule has 3 aromatic carbocycles. The van der Waals surface area contributed by atoms with Gasteiger partial charge < -0.3 is 25.0 Å². The fraction of sp³-hybridized carbons (Fsp3) is 0.269. The standard InChI is InChI=1S/C26H26ClNO5.ClH/c27-20-4-1-3-18(11-20)25(29)15-28-21-9-7-17-8-10-24(13-19(17)12-21)33-23-6-2-5-22(14-23)32-16-26(30)31;/h1-6,8,10-11,13-14,21,25,28-29H,7,9,12,15-16H2,(H,30,31);1H/t21-,25-;/m0./s1. The van der Waals surface area contributed by atoms with E-state index in [-0.39, 0.29) is 18.4 Å². The van der Waals surface area contributed by atoms with Crippen LogP contribution in [0, 0.1) is 0 Å². The van der Waals surface area contributed by atoms with E-state index in [9.17, 15) is 9.90 Å². The van der Waals surface area contributed by atoms with Gasteiger partial charge in [0, 0.05) is 23.7 Å². The molecule has 0 radical (unpaired) electrons. The predicted octanol–water partition coefficient (Wildman–Crippen LogP) is 5.20. The Balaban J connectivity index is 0.00000324. The van der Waals surface area contributed by atoms with Gasteiger partial charge in [-0.2, -0.15) is 0 Å². The van der Waals surface area contributed by atoms with Crippen molar-refractivity contribution in [2.45, 2.75) is 31.4 Å². The van der Waals surface area contributed by atoms with E-state index < -0.39 is 18.7 Å². The van der Waals surface area contributed by atoms with Gasteiger partial charge >= 0.3 is 5.97 Å². The van der Waals surface area contributed by atoms with Crippen LogP contribution in [0.3, 0.4) is 0 Å². The number of ether oxygens (including phenoxy) is 2. The molecule has 0 unspecified atom stereocenters. The van der Waals surface area contributed by atoms with Gasteiger partial charge in [-0.1, -0.05) is 35.9 Å². The number of nitrogens with one attached hydrogen (secondary N) is 1. The zero-order chi connectivity index (χ0) is 23.2. The van der Waals surface area contributed by atoms with Crippen LogP contribution in [0.15, 0.2) is 66.7 Å². The van der Waals surface area contributed by atoms with Crippen molar-refractivity contribution in [1.82, 2.24) is 5.32 Å². The van der Waals surface area contributed by atoms with Gasteiger partial charge in [-0.15, -0.1) is 12.4 Å². The highest BCUT2D eigenvalue weighted by Gasteiger charge is 2.20. The van der Waals surface area contributed by atoms with E-state index in [0.717, 1.165) is 24.8 Å². The maximum Gasteiger partial charge on any atom is 0.341 e. The minimum Gasteiger partial charge on any atom is -0.482 e. The van der Waals surface area contributed by atoms with Crippen molar-refractivity contribution in [2.24, 2.45) is 0 Å². The second-order valence-electron chi connectivity index (χ2n) is 8.11. The Labute approximate surface area is 209 Å². The molecule has 3 N–H and O–H groups in total. The third-order valence-corrected chi connectivity index (χ3v) is 5.88. The van der Waals surface area contributed by atoms with Crippen molar-refractivity contribution in [3.8, 4) is 17.2 Å². The van der Waals surface area contributed by atoms with Crippen molar-refractivity contribution in [3.63, 3.8) is 0 Å². The highest BCUT2D eigenvalue weighted by Crippen LogP contribution is 2.30. The average Bonchev–Trinajstić information content (AvgIpc) is 2.81. The van der Waals surface area contributed by atoms with Crippen molar-refractivity contribution >= 4 is 30.0 Å². The van der Waals surface area contributed by atoms with Gasteiger partial charge in [0.05, 0.1) is 6.10 Å². The predicted molar refractivity (Wildman–Crippen MR) is 134 cm³/mol. The first-order chi connectivity index (χ1) is 16.0. The van der Waals surface area contributed by atoms with Crippen LogP contribution in [-0.4, -0.2) is 35.4 Å². The number of halogens is 2. The summed E-state index contributed by atoms with van der Waals surface area (Å²) in [6, 6.07) is 20.6. The third-order valence-electron chi connectivity index (χ3n) is 5.64. The molecule has 0 saturated carbocycles. The van der Waals surface area contributed by atoms with E-state index >= 15 is 0 Å². The number of aliphatic hydroxyl groups is 1. The Kier molecular flexibility index (Phi) is 9.19. The summed E-state index contributed by atoms with van der Waals surface area (Å²) in [4.78, 5) is 10.7. The fourth-order valence-corrected chi connectivity index (χ4v) is 4.19. The molecule has 34 heavy (non-hydrogen) atoms. The van der Waals surface area contributed by atoms with Gasteiger partial charge in [-0.05, 0) is 72.4 Å². The van der Waals surface area contributed by atoms with Gasteiger partial charge in [0.15, 0.2) is 6.61 Å². The highest BCUT2D eigenvalue weighted by molar-refractivity contribution is 6.30. The molecule has 0 bridgehead atoms. The lowest BCUT2D eigenvalue weighted by Gasteiger charge is -2.27. The first-order valence-corrected chi connectivity index (χ1v) is 11.3. The monoisotopic (exact) mass is 503 g/mol. The summed E-state index contributed by atoms with van der Waals surface area (Å²) in [7, 11) is 0. The van der Waals surface area contributed by atoms with E-state index in [4.69, 9.17) is 26.2 Å². The quantitative estimate of drug-likeness (QED) is 0.372. The van der Waals surface area contributed by atoms with E-state index in [1.807, 2.05) is 24.3 Å². The minimum absolute atomic E-state index is 0. The van der Waals surface area contributed by atoms with E-state index in [1.165, 1.54) is 11.1 Å². The summed E-state index contributed by atoms with van der Waals surface area (Å²) in [6.07, 6.45) is 2.18. The molecule has 0 aliphatic heterocycles. The van der Waals surface area contributed by atoms with Crippen LogP contribution in [0.2, 0.25) is 5.02 Å². The molecule has 0 amide bonds. The maximum absolute atomic E-state index is 10.7. The molecule has 8 heteroatoms. The molecule has 180 valence electrons. The van der Waals surface area contributed by atoms with Crippen LogP contribution in [0.4, 0.5) is 0 Å². The fourth-order valence-electron chi connectivity index (χ4n) is 3.99. The molecule has 0 heterocycles. The second-order valence-corrected chi connectivity index (χ2v) is 8.55. The van der Waals surface area contributed by atoms with Crippen molar-refractivity contribution in [2.75, 3.05) is 13.2 Å². The molecule has 0 spiro atoms. The summed E-state index contributed by atoms with van der Waals surface area (Å²) < 4.78 is 11.2. The molecule has 4 rings (SSSR count). The molecule has 1 aliphatic rings. The topological polar surface area (TPSA) is 88.0 Å². The molecule has 3 aromatic rings. The Morgan fingerprint density at radius 2 is 1.79 bits per heavy atom. The highest BCUT2D eigenvalue weighted by atomic mass is 35.5. The zero-order valence-electron chi connectivity index (χ0n) is 18.4. The molecule has 0 saturated heterocycles. The number of aliphatic hydroxyl groups excluding tert-OH is 1. The summed E-state index contributed by atoms with van der Waals surface area (Å²) in [5.41, 5.74) is 3.32. The summed E-state index contributed by atoms with van der Waals surface area (Å²) in [5, 5.41) is 23.4. The number of carboxylic acids is 1. The van der Waals surface area contributed by atoms with Crippen molar-refractivity contribution < 1.29 is 24.5 Å². The molecular formula is C26H27Cl2NO5. The van der Waals surface area contributed by atoms with E-state index in [2.05, 4.69) is 11.4 Å². The van der Waals surface area contributed by atoms with Crippen LogP contribution in [0.1, 0.15) is 29.2 Å². The Bertz CT molecular complexity index is 1120. The van der Waals surface area contributed by atoms with E-state index in [0.29, 0.717) is 28.8 Å². The minimum atomic E-state index is -1.03. The lowest BCUT2D eigenvalue weighted by Crippen LogP contribution is -2.37. The van der Waals surface area contributed by atoms with Crippen LogP contribution in [0.25, 0.3) is 0 Å². The average molecular weight is 504 g/mol. The van der Waals surface area contributed by atoms with Crippen LogP contribution in [-0.2, 0) is 17.6 Å². The molecule has 1 aliphatic carbocycles. The largest absolute Gasteiger partial charge is 0.482 e. The van der Waals surface area contributed by atoms with Crippen molar-refractivity contribution in [3.05, 3.63) is 88.4 Å². The smallest absolute Gasteiger partial charge is 0.341 e. The third kappa shape index (κ3) is 7.11. The number of aryl methyl sites for hydroxylation is 1. The van der Waals surface area contributed by atoms with Gasteiger partial charge in [0.25, 0.3) is 0 Å². The number of fused-ring (bicyclic) bond motifs is 1. The molecular weight excluding hydrogens is 477 g/mol. The van der Waals surface area contributed by atoms with E-state index in [1.54, 1.807) is 36.4 Å². The van der Waals surface area contributed by atoms with Crippen LogP contribution >= 0.6 is 24.0 Å². The first-order valence-electron chi connectivity index (χ1n) is 10.9. The molecule has 6 nitrogen and oxygen atoms in total. The summed E-state index contributed by atoms with van der Waals surface area (Å²) >= 11 is 6.03. The normalized spacial score (nSPS) is 15.5. The summed E-state index contributed by atoms with van der Waals surface area (Å²) in [6.45, 7) is 0.0579. The summed E-state index contributed by atoms with van der Waals surface area (Å²) in [5.74, 6) is 0.700. The molecule has 2 atom stereocenters. The number of benzene rings is 3. The van der Waals surface area contributed by atoms with Gasteiger partial charge in [0.2, 0.25) is 0 Å². The number of hydrogen-bond donors (Lipinski definition) is 3. The second kappa shape index (κ2) is 12.1. The lowest BCUT2D eigenvalue weighted by atomic mass is 9.88.